The molecule has 0 radical (unpaired) electrons. The van der Waals surface area contributed by atoms with Crippen molar-refractivity contribution in [3.63, 3.8) is 0 Å². The second-order valence-corrected chi connectivity index (χ2v) is 10.6. The maximum Gasteiger partial charge on any atom is 0.254 e. The Balaban J connectivity index is 1.46. The summed E-state index contributed by atoms with van der Waals surface area (Å²) in [5.41, 5.74) is 3.41. The van der Waals surface area contributed by atoms with Crippen molar-refractivity contribution >= 4 is 15.9 Å². The van der Waals surface area contributed by atoms with Gasteiger partial charge < -0.3 is 4.90 Å². The van der Waals surface area contributed by atoms with Crippen LogP contribution in [0.4, 0.5) is 0 Å². The van der Waals surface area contributed by atoms with Crippen LogP contribution in [-0.4, -0.2) is 49.7 Å². The molecular formula is C27H30N2O3S. The molecule has 4 rings (SSSR count). The van der Waals surface area contributed by atoms with Crippen LogP contribution >= 0.6 is 0 Å². The maximum absolute atomic E-state index is 13.5. The largest absolute Gasteiger partial charge is 0.339 e. The van der Waals surface area contributed by atoms with E-state index in [1.54, 1.807) is 7.05 Å². The van der Waals surface area contributed by atoms with E-state index in [-0.39, 0.29) is 17.7 Å². The lowest BCUT2D eigenvalue weighted by atomic mass is 9.99. The van der Waals surface area contributed by atoms with E-state index in [0.717, 1.165) is 29.5 Å². The van der Waals surface area contributed by atoms with Gasteiger partial charge in [-0.25, -0.2) is 12.7 Å². The highest BCUT2D eigenvalue weighted by atomic mass is 32.2. The van der Waals surface area contributed by atoms with E-state index < -0.39 is 10.0 Å². The molecule has 3 aromatic carbocycles. The van der Waals surface area contributed by atoms with Gasteiger partial charge in [0.2, 0.25) is 10.0 Å². The minimum absolute atomic E-state index is 0.00454. The van der Waals surface area contributed by atoms with Crippen molar-refractivity contribution in [2.75, 3.05) is 20.1 Å². The molecule has 0 bridgehead atoms. The Morgan fingerprint density at radius 1 is 0.879 bits per heavy atom. The van der Waals surface area contributed by atoms with E-state index in [1.807, 2.05) is 89.8 Å². The normalized spacial score (nSPS) is 17.0. The number of carbonyl (C=O) groups excluding carboxylic acids is 1. The third-order valence-electron chi connectivity index (χ3n) is 6.37. The van der Waals surface area contributed by atoms with Crippen LogP contribution in [0.5, 0.6) is 0 Å². The Bertz CT molecular complexity index is 1180. The molecular weight excluding hydrogens is 432 g/mol. The summed E-state index contributed by atoms with van der Waals surface area (Å²) in [6, 6.07) is 26.8. The number of benzene rings is 3. The summed E-state index contributed by atoms with van der Waals surface area (Å²) in [4.78, 5) is 15.3. The Kier molecular flexibility index (Phi) is 7.26. The summed E-state index contributed by atoms with van der Waals surface area (Å²) in [6.07, 6.45) is 2.15. The molecule has 3 aromatic rings. The maximum atomic E-state index is 13.5. The summed E-state index contributed by atoms with van der Waals surface area (Å²) in [5, 5.41) is 0. The van der Waals surface area contributed by atoms with Crippen LogP contribution in [0.2, 0.25) is 0 Å². The van der Waals surface area contributed by atoms with Gasteiger partial charge in [-0.15, -0.1) is 0 Å². The average Bonchev–Trinajstić information content (AvgIpc) is 3.10. The van der Waals surface area contributed by atoms with Crippen molar-refractivity contribution < 1.29 is 13.2 Å². The smallest absolute Gasteiger partial charge is 0.254 e. The number of amides is 1. The number of rotatable bonds is 6. The molecule has 0 spiro atoms. The van der Waals surface area contributed by atoms with Gasteiger partial charge in [0.05, 0.1) is 5.75 Å². The monoisotopic (exact) mass is 462 g/mol. The molecule has 0 N–H and O–H groups in total. The van der Waals surface area contributed by atoms with Crippen LogP contribution in [0.3, 0.4) is 0 Å². The van der Waals surface area contributed by atoms with Crippen molar-refractivity contribution in [3.05, 3.63) is 96.1 Å². The van der Waals surface area contributed by atoms with Gasteiger partial charge in [0.1, 0.15) is 0 Å². The summed E-state index contributed by atoms with van der Waals surface area (Å²) in [7, 11) is -1.76. The molecule has 1 aliphatic rings. The fraction of sp³-hybridized carbons (Fsp3) is 0.296. The summed E-state index contributed by atoms with van der Waals surface area (Å²) < 4.78 is 27.5. The molecule has 5 nitrogen and oxygen atoms in total. The molecule has 172 valence electrons. The first kappa shape index (κ1) is 23.2. The average molecular weight is 463 g/mol. The van der Waals surface area contributed by atoms with E-state index in [9.17, 15) is 13.2 Å². The first-order valence-electron chi connectivity index (χ1n) is 11.4. The Labute approximate surface area is 196 Å². The topological polar surface area (TPSA) is 57.7 Å². The van der Waals surface area contributed by atoms with Crippen LogP contribution in [-0.2, 0) is 15.8 Å². The van der Waals surface area contributed by atoms with E-state index in [1.165, 1.54) is 4.31 Å². The van der Waals surface area contributed by atoms with Gasteiger partial charge in [0, 0.05) is 31.7 Å². The molecule has 1 fully saturated rings. The van der Waals surface area contributed by atoms with Crippen LogP contribution in [0.1, 0.15) is 35.2 Å². The van der Waals surface area contributed by atoms with Crippen molar-refractivity contribution in [1.82, 2.24) is 9.21 Å². The minimum atomic E-state index is -3.43. The fourth-order valence-corrected chi connectivity index (χ4v) is 5.95. The zero-order valence-corrected chi connectivity index (χ0v) is 19.7. The lowest BCUT2D eigenvalue weighted by molar-refractivity contribution is 0.0760. The Morgan fingerprint density at radius 3 is 2.24 bits per heavy atom. The highest BCUT2D eigenvalue weighted by Crippen LogP contribution is 2.26. The second kappa shape index (κ2) is 10.3. The molecule has 1 heterocycles. The van der Waals surface area contributed by atoms with Crippen LogP contribution in [0.25, 0.3) is 11.1 Å². The van der Waals surface area contributed by atoms with Crippen molar-refractivity contribution in [1.29, 1.82) is 0 Å². The van der Waals surface area contributed by atoms with Gasteiger partial charge in [-0.3, -0.25) is 4.79 Å². The fourth-order valence-electron chi connectivity index (χ4n) is 4.47. The first-order chi connectivity index (χ1) is 16.0. The third kappa shape index (κ3) is 5.52. The van der Waals surface area contributed by atoms with Crippen LogP contribution in [0.15, 0.2) is 84.9 Å². The van der Waals surface area contributed by atoms with Gasteiger partial charge >= 0.3 is 0 Å². The minimum Gasteiger partial charge on any atom is -0.339 e. The number of sulfonamides is 1. The van der Waals surface area contributed by atoms with Crippen molar-refractivity contribution in [3.8, 4) is 11.1 Å². The molecule has 1 atom stereocenters. The molecule has 0 aliphatic carbocycles. The molecule has 0 aromatic heterocycles. The lowest BCUT2D eigenvalue weighted by Gasteiger charge is -2.27. The van der Waals surface area contributed by atoms with Gasteiger partial charge in [-0.1, -0.05) is 78.9 Å². The van der Waals surface area contributed by atoms with Gasteiger partial charge in [-0.05, 0) is 42.0 Å². The van der Waals surface area contributed by atoms with E-state index in [4.69, 9.17) is 0 Å². The quantitative estimate of drug-likeness (QED) is 0.528. The SMILES string of the molecule is CN([C@H]1CCCN(C(=O)c2ccccc2-c2ccccc2)CC1)S(=O)(=O)Cc1ccccc1. The highest BCUT2D eigenvalue weighted by molar-refractivity contribution is 7.88. The molecule has 6 heteroatoms. The van der Waals surface area contributed by atoms with Gasteiger partial charge in [0.15, 0.2) is 0 Å². The van der Waals surface area contributed by atoms with Crippen molar-refractivity contribution in [2.24, 2.45) is 0 Å². The second-order valence-electron chi connectivity index (χ2n) is 8.55. The van der Waals surface area contributed by atoms with Gasteiger partial charge in [0.25, 0.3) is 5.91 Å². The van der Waals surface area contributed by atoms with Crippen LogP contribution in [0, 0.1) is 0 Å². The molecule has 0 saturated carbocycles. The van der Waals surface area contributed by atoms with Crippen LogP contribution < -0.4 is 0 Å². The summed E-state index contributed by atoms with van der Waals surface area (Å²) >= 11 is 0. The molecule has 0 unspecified atom stereocenters. The number of hydrogen-bond donors (Lipinski definition) is 0. The number of carbonyl (C=O) groups is 1. The molecule has 1 saturated heterocycles. The van der Waals surface area contributed by atoms with E-state index >= 15 is 0 Å². The zero-order chi connectivity index (χ0) is 23.3. The van der Waals surface area contributed by atoms with Gasteiger partial charge in [-0.2, -0.15) is 0 Å². The molecule has 1 amide bonds. The Hall–Kier alpha value is -2.96. The standard InChI is InChI=1S/C27H30N2O3S/c1-28(33(31,32)21-22-11-4-2-5-12-22)24-15-10-19-29(20-18-24)27(30)26-17-9-8-16-25(26)23-13-6-3-7-14-23/h2-9,11-14,16-17,24H,10,15,18-21H2,1H3/t24-/m0/s1. The predicted molar refractivity (Wildman–Crippen MR) is 132 cm³/mol. The molecule has 33 heavy (non-hydrogen) atoms. The molecule has 1 aliphatic heterocycles. The first-order valence-corrected chi connectivity index (χ1v) is 13.0. The number of nitrogens with zero attached hydrogens (tertiary/aromatic N) is 2. The van der Waals surface area contributed by atoms with Crippen molar-refractivity contribution in [2.45, 2.75) is 31.1 Å². The zero-order valence-electron chi connectivity index (χ0n) is 18.9. The van der Waals surface area contributed by atoms with E-state index in [0.29, 0.717) is 25.1 Å². The summed E-state index contributed by atoms with van der Waals surface area (Å²) in [6.45, 7) is 1.17. The predicted octanol–water partition coefficient (Wildman–Crippen LogP) is 4.81. The summed E-state index contributed by atoms with van der Waals surface area (Å²) in [5.74, 6) is -0.00148. The third-order valence-corrected chi connectivity index (χ3v) is 8.25. The lowest BCUT2D eigenvalue weighted by Crippen LogP contribution is -2.39. The highest BCUT2D eigenvalue weighted by Gasteiger charge is 2.30. The number of hydrogen-bond acceptors (Lipinski definition) is 3. The number of likely N-dealkylation sites (tertiary alicyclic amines) is 1. The van der Waals surface area contributed by atoms with E-state index in [2.05, 4.69) is 0 Å². The Morgan fingerprint density at radius 2 is 1.52 bits per heavy atom.